The molecule has 3 aromatic rings. The van der Waals surface area contributed by atoms with Crippen molar-refractivity contribution in [2.24, 2.45) is 0 Å². The van der Waals surface area contributed by atoms with Crippen LogP contribution in [0.1, 0.15) is 23.2 Å². The molecule has 0 atom stereocenters. The van der Waals surface area contributed by atoms with E-state index in [1.807, 2.05) is 0 Å². The molecule has 32 heavy (non-hydrogen) atoms. The Morgan fingerprint density at radius 1 is 1.09 bits per heavy atom. The van der Waals surface area contributed by atoms with E-state index in [0.717, 1.165) is 17.4 Å². The van der Waals surface area contributed by atoms with Crippen LogP contribution in [0.3, 0.4) is 0 Å². The lowest BCUT2D eigenvalue weighted by molar-refractivity contribution is -0.116. The highest BCUT2D eigenvalue weighted by Gasteiger charge is 2.28. The van der Waals surface area contributed by atoms with E-state index in [-0.39, 0.29) is 17.0 Å². The summed E-state index contributed by atoms with van der Waals surface area (Å²) in [6.07, 6.45) is 1.63. The average molecular weight is 459 g/mol. The van der Waals surface area contributed by atoms with Crippen molar-refractivity contribution in [2.75, 3.05) is 25.5 Å². The third kappa shape index (κ3) is 4.16. The summed E-state index contributed by atoms with van der Waals surface area (Å²) < 4.78 is 37.8. The second kappa shape index (κ2) is 8.60. The molecule has 2 aromatic carbocycles. The number of esters is 1. The number of carbonyl (C=O) groups excluding carboxylic acids is 2. The maximum absolute atomic E-state index is 12.7. The van der Waals surface area contributed by atoms with Gasteiger partial charge in [0.25, 0.3) is 0 Å². The molecule has 10 nitrogen and oxygen atoms in total. The van der Waals surface area contributed by atoms with E-state index in [4.69, 9.17) is 4.42 Å². The highest BCUT2D eigenvalue weighted by molar-refractivity contribution is 7.89. The molecule has 0 saturated carbocycles. The van der Waals surface area contributed by atoms with Gasteiger partial charge in [-0.1, -0.05) is 0 Å². The van der Waals surface area contributed by atoms with E-state index in [1.165, 1.54) is 53.9 Å². The summed E-state index contributed by atoms with van der Waals surface area (Å²) in [5, 5.41) is 2.63. The van der Waals surface area contributed by atoms with Gasteiger partial charge in [-0.2, -0.15) is 4.31 Å². The summed E-state index contributed by atoms with van der Waals surface area (Å²) in [4.78, 5) is 36.3. The molecule has 1 saturated heterocycles. The predicted octanol–water partition coefficient (Wildman–Crippen LogP) is 1.80. The number of amides is 1. The van der Waals surface area contributed by atoms with Gasteiger partial charge < -0.3 is 14.5 Å². The fourth-order valence-electron chi connectivity index (χ4n) is 3.59. The molecule has 1 amide bonds. The number of anilines is 1. The molecule has 0 unspecified atom stereocenters. The maximum Gasteiger partial charge on any atom is 0.420 e. The van der Waals surface area contributed by atoms with Crippen LogP contribution in [0, 0.1) is 0 Å². The van der Waals surface area contributed by atoms with Gasteiger partial charge in [-0.05, 0) is 49.2 Å². The van der Waals surface area contributed by atoms with Gasteiger partial charge in [-0.25, -0.2) is 18.0 Å². The van der Waals surface area contributed by atoms with Crippen LogP contribution in [0.5, 0.6) is 0 Å². The Bertz CT molecular complexity index is 1330. The molecular formula is C21H21N3O7S. The molecule has 2 heterocycles. The lowest BCUT2D eigenvalue weighted by Crippen LogP contribution is -2.27. The van der Waals surface area contributed by atoms with E-state index in [1.54, 1.807) is 0 Å². The smallest absolute Gasteiger partial charge is 0.420 e. The Labute approximate surface area is 183 Å². The van der Waals surface area contributed by atoms with Crippen molar-refractivity contribution in [1.82, 2.24) is 8.87 Å². The minimum absolute atomic E-state index is 0.0444. The molecule has 168 valence electrons. The highest BCUT2D eigenvalue weighted by Crippen LogP contribution is 2.24. The topological polar surface area (TPSA) is 128 Å². The number of nitrogens with one attached hydrogen (secondary N) is 1. The molecule has 1 aromatic heterocycles. The third-order valence-electron chi connectivity index (χ3n) is 5.23. The van der Waals surface area contributed by atoms with Gasteiger partial charge in [-0.15, -0.1) is 0 Å². The van der Waals surface area contributed by atoms with Gasteiger partial charge in [0, 0.05) is 24.8 Å². The van der Waals surface area contributed by atoms with Gasteiger partial charge in [0.1, 0.15) is 6.54 Å². The normalized spacial score (nSPS) is 14.5. The molecule has 0 spiro atoms. The van der Waals surface area contributed by atoms with Crippen LogP contribution in [0.4, 0.5) is 5.69 Å². The van der Waals surface area contributed by atoms with Crippen LogP contribution in [-0.2, 0) is 26.1 Å². The summed E-state index contributed by atoms with van der Waals surface area (Å²) in [5.41, 5.74) is 1.17. The van der Waals surface area contributed by atoms with Gasteiger partial charge in [0.15, 0.2) is 5.58 Å². The second-order valence-electron chi connectivity index (χ2n) is 7.31. The third-order valence-corrected chi connectivity index (χ3v) is 7.13. The Hall–Kier alpha value is -3.44. The zero-order valence-corrected chi connectivity index (χ0v) is 18.1. The molecular weight excluding hydrogens is 438 g/mol. The number of hydrogen-bond donors (Lipinski definition) is 1. The molecule has 0 bridgehead atoms. The zero-order chi connectivity index (χ0) is 22.9. The second-order valence-corrected chi connectivity index (χ2v) is 9.25. The predicted molar refractivity (Wildman–Crippen MR) is 115 cm³/mol. The number of carbonyl (C=O) groups is 2. The maximum atomic E-state index is 12.7. The Morgan fingerprint density at radius 3 is 2.44 bits per heavy atom. The first-order valence-corrected chi connectivity index (χ1v) is 11.4. The summed E-state index contributed by atoms with van der Waals surface area (Å²) in [7, 11) is -2.39. The number of fused-ring (bicyclic) bond motifs is 1. The number of oxazole rings is 1. The quantitative estimate of drug-likeness (QED) is 0.557. The van der Waals surface area contributed by atoms with Crippen LogP contribution >= 0.6 is 0 Å². The van der Waals surface area contributed by atoms with E-state index >= 15 is 0 Å². The van der Waals surface area contributed by atoms with Crippen LogP contribution < -0.4 is 11.1 Å². The van der Waals surface area contributed by atoms with Crippen molar-refractivity contribution in [1.29, 1.82) is 0 Å². The number of benzene rings is 2. The molecule has 1 aliphatic rings. The Balaban J connectivity index is 1.53. The molecule has 4 rings (SSSR count). The number of methoxy groups -OCH3 is 1. The van der Waals surface area contributed by atoms with E-state index in [2.05, 4.69) is 10.1 Å². The first-order valence-electron chi connectivity index (χ1n) is 9.91. The molecule has 1 N–H and O–H groups in total. The van der Waals surface area contributed by atoms with Crippen molar-refractivity contribution < 1.29 is 27.2 Å². The van der Waals surface area contributed by atoms with Crippen LogP contribution in [0.15, 0.2) is 56.6 Å². The van der Waals surface area contributed by atoms with Crippen molar-refractivity contribution in [3.8, 4) is 0 Å². The lowest BCUT2D eigenvalue weighted by atomic mass is 10.2. The molecule has 0 aliphatic carbocycles. The number of sulfonamides is 1. The SMILES string of the molecule is COC(=O)c1ccc(NC(=O)Cn2c(=O)oc3cc(S(=O)(=O)N4CCCC4)ccc32)cc1. The molecule has 1 aliphatic heterocycles. The summed E-state index contributed by atoms with van der Waals surface area (Å²) in [6, 6.07) is 10.3. The first kappa shape index (κ1) is 21.8. The van der Waals surface area contributed by atoms with Gasteiger partial charge in [0.2, 0.25) is 15.9 Å². The highest BCUT2D eigenvalue weighted by atomic mass is 32.2. The van der Waals surface area contributed by atoms with Crippen molar-refractivity contribution in [3.05, 3.63) is 58.6 Å². The number of aromatic nitrogens is 1. The zero-order valence-electron chi connectivity index (χ0n) is 17.2. The monoisotopic (exact) mass is 459 g/mol. The summed E-state index contributed by atoms with van der Waals surface area (Å²) in [5.74, 6) is -1.76. The van der Waals surface area contributed by atoms with Crippen LogP contribution in [0.25, 0.3) is 11.1 Å². The summed E-state index contributed by atoms with van der Waals surface area (Å²) in [6.45, 7) is 0.598. The number of nitrogens with zero attached hydrogens (tertiary/aromatic N) is 2. The van der Waals surface area contributed by atoms with Crippen LogP contribution in [-0.4, -0.2) is 49.4 Å². The molecule has 1 fully saturated rings. The van der Waals surface area contributed by atoms with E-state index in [0.29, 0.717) is 29.9 Å². The number of rotatable bonds is 6. The fraction of sp³-hybridized carbons (Fsp3) is 0.286. The largest absolute Gasteiger partial charge is 0.465 e. The Kier molecular flexibility index (Phi) is 5.85. The summed E-state index contributed by atoms with van der Waals surface area (Å²) >= 11 is 0. The average Bonchev–Trinajstić information content (AvgIpc) is 3.42. The minimum Gasteiger partial charge on any atom is -0.465 e. The van der Waals surface area contributed by atoms with Gasteiger partial charge >= 0.3 is 11.7 Å². The standard InChI is InChI=1S/C21H21N3O7S/c1-30-20(26)14-4-6-15(7-5-14)22-19(25)13-24-17-9-8-16(12-18(17)31-21(24)27)32(28,29)23-10-2-3-11-23/h4-9,12H,2-3,10-11,13H2,1H3,(H,22,25). The van der Waals surface area contributed by atoms with Gasteiger partial charge in [0.05, 0.1) is 23.1 Å². The number of hydrogen-bond acceptors (Lipinski definition) is 7. The molecule has 11 heteroatoms. The van der Waals surface area contributed by atoms with Crippen molar-refractivity contribution in [3.63, 3.8) is 0 Å². The van der Waals surface area contributed by atoms with E-state index < -0.39 is 27.7 Å². The number of ether oxygens (including phenoxy) is 1. The van der Waals surface area contributed by atoms with Crippen molar-refractivity contribution in [2.45, 2.75) is 24.3 Å². The van der Waals surface area contributed by atoms with Crippen molar-refractivity contribution >= 4 is 38.7 Å². The Morgan fingerprint density at radius 2 is 1.78 bits per heavy atom. The minimum atomic E-state index is -3.66. The van der Waals surface area contributed by atoms with E-state index in [9.17, 15) is 22.8 Å². The van der Waals surface area contributed by atoms with Gasteiger partial charge in [-0.3, -0.25) is 9.36 Å². The van der Waals surface area contributed by atoms with Crippen LogP contribution in [0.2, 0.25) is 0 Å². The fourth-order valence-corrected chi connectivity index (χ4v) is 5.12. The first-order chi connectivity index (χ1) is 15.3. The molecule has 0 radical (unpaired) electrons. The lowest BCUT2D eigenvalue weighted by Gasteiger charge is -2.15.